The van der Waals surface area contributed by atoms with E-state index in [0.717, 1.165) is 11.1 Å². The quantitative estimate of drug-likeness (QED) is 0.758. The van der Waals surface area contributed by atoms with E-state index < -0.39 is 6.43 Å². The summed E-state index contributed by atoms with van der Waals surface area (Å²) < 4.78 is 24.8. The predicted octanol–water partition coefficient (Wildman–Crippen LogP) is 4.16. The van der Waals surface area contributed by atoms with E-state index in [4.69, 9.17) is 5.26 Å². The molecule has 0 N–H and O–H groups in total. The summed E-state index contributed by atoms with van der Waals surface area (Å²) in [5.74, 6) is 0. The van der Waals surface area contributed by atoms with Crippen molar-refractivity contribution in [2.24, 2.45) is 0 Å². The summed E-state index contributed by atoms with van der Waals surface area (Å²) in [6.07, 6.45) is -2.46. The van der Waals surface area contributed by atoms with Crippen LogP contribution in [0.5, 0.6) is 0 Å². The molecule has 2 rings (SSSR count). The number of hydrogen-bond acceptors (Lipinski definition) is 1. The Labute approximate surface area is 97.9 Å². The smallest absolute Gasteiger partial charge is 0.205 e. The van der Waals surface area contributed by atoms with Gasteiger partial charge in [-0.2, -0.15) is 5.26 Å². The molecule has 0 unspecified atom stereocenters. The molecule has 0 aromatic heterocycles. The van der Waals surface area contributed by atoms with E-state index in [1.165, 1.54) is 12.1 Å². The van der Waals surface area contributed by atoms with Gasteiger partial charge in [-0.05, 0) is 17.2 Å². The molecule has 2 aromatic carbocycles. The van der Waals surface area contributed by atoms with Crippen LogP contribution >= 0.6 is 0 Å². The van der Waals surface area contributed by atoms with Crippen molar-refractivity contribution in [1.82, 2.24) is 0 Å². The van der Waals surface area contributed by atoms with Crippen LogP contribution in [0.2, 0.25) is 0 Å². The van der Waals surface area contributed by atoms with Crippen molar-refractivity contribution in [2.45, 2.75) is 6.43 Å². The summed E-state index contributed by atoms with van der Waals surface area (Å²) in [7, 11) is 0. The summed E-state index contributed by atoms with van der Waals surface area (Å²) in [4.78, 5) is 0. The zero-order chi connectivity index (χ0) is 12.3. The first-order chi connectivity index (χ1) is 8.22. The van der Waals surface area contributed by atoms with Crippen molar-refractivity contribution < 1.29 is 8.78 Å². The number of benzene rings is 2. The summed E-state index contributed by atoms with van der Waals surface area (Å²) in [5.41, 5.74) is 2.06. The molecule has 0 radical (unpaired) electrons. The highest BCUT2D eigenvalue weighted by atomic mass is 19.3. The second kappa shape index (κ2) is 4.75. The van der Waals surface area contributed by atoms with Crippen LogP contribution in [0, 0.1) is 11.3 Å². The molecule has 0 atom stereocenters. The Kier molecular flexibility index (Phi) is 3.15. The maximum atomic E-state index is 12.4. The summed E-state index contributed by atoms with van der Waals surface area (Å²) in [6.45, 7) is 0. The predicted molar refractivity (Wildman–Crippen MR) is 61.6 cm³/mol. The Bertz CT molecular complexity index is 553. The molecule has 3 heteroatoms. The summed E-state index contributed by atoms with van der Waals surface area (Å²) in [6, 6.07) is 15.2. The highest BCUT2D eigenvalue weighted by Crippen LogP contribution is 2.26. The Morgan fingerprint density at radius 1 is 0.941 bits per heavy atom. The van der Waals surface area contributed by atoms with E-state index in [1.54, 1.807) is 30.3 Å². The second-order valence-corrected chi connectivity index (χ2v) is 3.58. The van der Waals surface area contributed by atoms with Crippen molar-refractivity contribution in [1.29, 1.82) is 5.26 Å². The first-order valence-corrected chi connectivity index (χ1v) is 5.10. The largest absolute Gasteiger partial charge is 0.263 e. The highest BCUT2D eigenvalue weighted by molar-refractivity contribution is 5.70. The molecule has 0 heterocycles. The zero-order valence-corrected chi connectivity index (χ0v) is 8.90. The molecule has 0 aliphatic rings. The number of rotatable bonds is 2. The SMILES string of the molecule is N#Cc1ccccc1-c1ccc(C(F)F)cc1. The maximum absolute atomic E-state index is 12.4. The van der Waals surface area contributed by atoms with Crippen LogP contribution in [0.4, 0.5) is 8.78 Å². The average molecular weight is 229 g/mol. The molecule has 0 saturated carbocycles. The Balaban J connectivity index is 2.44. The fourth-order valence-corrected chi connectivity index (χ4v) is 1.64. The molecule has 17 heavy (non-hydrogen) atoms. The Hall–Kier alpha value is -2.21. The topological polar surface area (TPSA) is 23.8 Å². The summed E-state index contributed by atoms with van der Waals surface area (Å²) >= 11 is 0. The summed E-state index contributed by atoms with van der Waals surface area (Å²) in [5, 5.41) is 8.95. The number of halogens is 2. The van der Waals surface area contributed by atoms with E-state index in [0.29, 0.717) is 5.56 Å². The third-order valence-electron chi connectivity index (χ3n) is 2.52. The minimum absolute atomic E-state index is 0.0109. The van der Waals surface area contributed by atoms with Crippen molar-refractivity contribution in [3.8, 4) is 17.2 Å². The first-order valence-electron chi connectivity index (χ1n) is 5.10. The molecular weight excluding hydrogens is 220 g/mol. The van der Waals surface area contributed by atoms with Gasteiger partial charge in [0, 0.05) is 5.56 Å². The molecule has 84 valence electrons. The third-order valence-corrected chi connectivity index (χ3v) is 2.52. The molecule has 0 bridgehead atoms. The second-order valence-electron chi connectivity index (χ2n) is 3.58. The van der Waals surface area contributed by atoms with Gasteiger partial charge in [0.1, 0.15) is 0 Å². The van der Waals surface area contributed by atoms with Gasteiger partial charge in [-0.1, -0.05) is 42.5 Å². The Morgan fingerprint density at radius 2 is 1.59 bits per heavy atom. The van der Waals surface area contributed by atoms with Crippen LogP contribution in [-0.4, -0.2) is 0 Å². The standard InChI is InChI=1S/C14H9F2N/c15-14(16)11-7-5-10(6-8-11)13-4-2-1-3-12(13)9-17/h1-8,14H. The third kappa shape index (κ3) is 2.31. The lowest BCUT2D eigenvalue weighted by atomic mass is 9.99. The van der Waals surface area contributed by atoms with Crippen molar-refractivity contribution in [2.75, 3.05) is 0 Å². The minimum atomic E-state index is -2.46. The van der Waals surface area contributed by atoms with Crippen LogP contribution in [0.25, 0.3) is 11.1 Å². The Morgan fingerprint density at radius 3 is 2.18 bits per heavy atom. The van der Waals surface area contributed by atoms with Gasteiger partial charge < -0.3 is 0 Å². The molecule has 2 aromatic rings. The number of alkyl halides is 2. The molecule has 0 saturated heterocycles. The fraction of sp³-hybridized carbons (Fsp3) is 0.0714. The molecule has 0 aliphatic heterocycles. The molecule has 0 amide bonds. The van der Waals surface area contributed by atoms with Crippen molar-refractivity contribution in [3.05, 3.63) is 59.7 Å². The number of hydrogen-bond donors (Lipinski definition) is 0. The van der Waals surface area contributed by atoms with Crippen LogP contribution in [0.1, 0.15) is 17.6 Å². The van der Waals surface area contributed by atoms with Crippen LogP contribution in [-0.2, 0) is 0 Å². The molecule has 0 fully saturated rings. The van der Waals surface area contributed by atoms with E-state index >= 15 is 0 Å². The van der Waals surface area contributed by atoms with Crippen LogP contribution < -0.4 is 0 Å². The highest BCUT2D eigenvalue weighted by Gasteiger charge is 2.08. The lowest BCUT2D eigenvalue weighted by Gasteiger charge is -2.05. The molecule has 0 aliphatic carbocycles. The lowest BCUT2D eigenvalue weighted by Crippen LogP contribution is -1.86. The number of nitriles is 1. The van der Waals surface area contributed by atoms with Gasteiger partial charge in [-0.25, -0.2) is 8.78 Å². The zero-order valence-electron chi connectivity index (χ0n) is 8.90. The minimum Gasteiger partial charge on any atom is -0.205 e. The lowest BCUT2D eigenvalue weighted by molar-refractivity contribution is 0.151. The normalized spacial score (nSPS) is 10.2. The van der Waals surface area contributed by atoms with Gasteiger partial charge in [0.2, 0.25) is 0 Å². The van der Waals surface area contributed by atoms with Crippen molar-refractivity contribution in [3.63, 3.8) is 0 Å². The monoisotopic (exact) mass is 229 g/mol. The maximum Gasteiger partial charge on any atom is 0.263 e. The van der Waals surface area contributed by atoms with E-state index in [9.17, 15) is 8.78 Å². The fourth-order valence-electron chi connectivity index (χ4n) is 1.64. The van der Waals surface area contributed by atoms with Crippen LogP contribution in [0.15, 0.2) is 48.5 Å². The molecule has 1 nitrogen and oxygen atoms in total. The van der Waals surface area contributed by atoms with Gasteiger partial charge in [-0.3, -0.25) is 0 Å². The van der Waals surface area contributed by atoms with Gasteiger partial charge in [0.05, 0.1) is 11.6 Å². The molecular formula is C14H9F2N. The van der Waals surface area contributed by atoms with Crippen LogP contribution in [0.3, 0.4) is 0 Å². The van der Waals surface area contributed by atoms with E-state index in [-0.39, 0.29) is 5.56 Å². The van der Waals surface area contributed by atoms with E-state index in [2.05, 4.69) is 6.07 Å². The van der Waals surface area contributed by atoms with Gasteiger partial charge >= 0.3 is 0 Å². The molecule has 0 spiro atoms. The number of nitrogens with zero attached hydrogens (tertiary/aromatic N) is 1. The van der Waals surface area contributed by atoms with Gasteiger partial charge in [0.25, 0.3) is 6.43 Å². The van der Waals surface area contributed by atoms with Crippen molar-refractivity contribution >= 4 is 0 Å². The average Bonchev–Trinajstić information content (AvgIpc) is 2.39. The van der Waals surface area contributed by atoms with E-state index in [1.807, 2.05) is 6.07 Å². The van der Waals surface area contributed by atoms with Gasteiger partial charge in [0.15, 0.2) is 0 Å². The first kappa shape index (κ1) is 11.3. The van der Waals surface area contributed by atoms with Gasteiger partial charge in [-0.15, -0.1) is 0 Å².